The Bertz CT molecular complexity index is 378. The van der Waals surface area contributed by atoms with Crippen LogP contribution in [0.4, 0.5) is 0 Å². The SMILES string of the molecule is Cc1coc(C(O)c2cn[nH]c2)c1. The zero-order valence-electron chi connectivity index (χ0n) is 7.19. The predicted octanol–water partition coefficient (Wildman–Crippen LogP) is 1.39. The number of furan rings is 1. The second-order valence-electron chi connectivity index (χ2n) is 2.96. The quantitative estimate of drug-likeness (QED) is 0.730. The van der Waals surface area contributed by atoms with Crippen molar-refractivity contribution in [3.8, 4) is 0 Å². The molecular weight excluding hydrogens is 168 g/mol. The van der Waals surface area contributed by atoms with Crippen molar-refractivity contribution >= 4 is 0 Å². The van der Waals surface area contributed by atoms with E-state index in [0.717, 1.165) is 5.56 Å². The lowest BCUT2D eigenvalue weighted by atomic mass is 10.1. The van der Waals surface area contributed by atoms with Gasteiger partial charge in [-0.25, -0.2) is 0 Å². The maximum Gasteiger partial charge on any atom is 0.140 e. The molecule has 68 valence electrons. The Balaban J connectivity index is 2.28. The molecule has 0 aromatic carbocycles. The summed E-state index contributed by atoms with van der Waals surface area (Å²) >= 11 is 0. The van der Waals surface area contributed by atoms with Gasteiger partial charge in [-0.2, -0.15) is 5.10 Å². The Morgan fingerprint density at radius 2 is 2.46 bits per heavy atom. The molecule has 0 aliphatic rings. The van der Waals surface area contributed by atoms with Gasteiger partial charge in [0.05, 0.1) is 12.5 Å². The van der Waals surface area contributed by atoms with Crippen molar-refractivity contribution in [2.24, 2.45) is 0 Å². The summed E-state index contributed by atoms with van der Waals surface area (Å²) in [6.45, 7) is 1.91. The Morgan fingerprint density at radius 1 is 1.62 bits per heavy atom. The summed E-state index contributed by atoms with van der Waals surface area (Å²) in [5.41, 5.74) is 1.70. The second-order valence-corrected chi connectivity index (χ2v) is 2.96. The van der Waals surface area contributed by atoms with Crippen LogP contribution < -0.4 is 0 Å². The zero-order chi connectivity index (χ0) is 9.26. The van der Waals surface area contributed by atoms with E-state index < -0.39 is 6.10 Å². The van der Waals surface area contributed by atoms with E-state index in [9.17, 15) is 5.11 Å². The van der Waals surface area contributed by atoms with Gasteiger partial charge in [-0.15, -0.1) is 0 Å². The lowest BCUT2D eigenvalue weighted by Gasteiger charge is -2.02. The third-order valence-corrected chi connectivity index (χ3v) is 1.86. The predicted molar refractivity (Wildman–Crippen MR) is 46.1 cm³/mol. The first-order chi connectivity index (χ1) is 6.27. The molecule has 2 aromatic heterocycles. The van der Waals surface area contributed by atoms with E-state index in [1.165, 1.54) is 0 Å². The monoisotopic (exact) mass is 178 g/mol. The Kier molecular flexibility index (Phi) is 1.90. The molecule has 4 heteroatoms. The molecule has 0 spiro atoms. The zero-order valence-corrected chi connectivity index (χ0v) is 7.19. The van der Waals surface area contributed by atoms with E-state index in [-0.39, 0.29) is 0 Å². The number of aromatic nitrogens is 2. The number of nitrogens with one attached hydrogen (secondary N) is 1. The van der Waals surface area contributed by atoms with Crippen LogP contribution in [0.3, 0.4) is 0 Å². The summed E-state index contributed by atoms with van der Waals surface area (Å²) in [6, 6.07) is 1.80. The van der Waals surface area contributed by atoms with Gasteiger partial charge in [0.15, 0.2) is 0 Å². The van der Waals surface area contributed by atoms with Crippen molar-refractivity contribution < 1.29 is 9.52 Å². The fraction of sp³-hybridized carbons (Fsp3) is 0.222. The highest BCUT2D eigenvalue weighted by atomic mass is 16.4. The largest absolute Gasteiger partial charge is 0.466 e. The lowest BCUT2D eigenvalue weighted by Crippen LogP contribution is -1.95. The van der Waals surface area contributed by atoms with Gasteiger partial charge in [-0.05, 0) is 18.6 Å². The molecular formula is C9H10N2O2. The van der Waals surface area contributed by atoms with Crippen molar-refractivity contribution in [1.29, 1.82) is 0 Å². The van der Waals surface area contributed by atoms with Gasteiger partial charge in [-0.3, -0.25) is 5.10 Å². The number of hydrogen-bond donors (Lipinski definition) is 2. The number of aliphatic hydroxyl groups excluding tert-OH is 1. The van der Waals surface area contributed by atoms with Crippen LogP contribution >= 0.6 is 0 Å². The van der Waals surface area contributed by atoms with E-state index in [1.807, 2.05) is 6.92 Å². The van der Waals surface area contributed by atoms with Crippen LogP contribution in [0, 0.1) is 6.92 Å². The van der Waals surface area contributed by atoms with Gasteiger partial charge in [0, 0.05) is 11.8 Å². The number of aliphatic hydroxyl groups is 1. The second kappa shape index (κ2) is 3.06. The van der Waals surface area contributed by atoms with Gasteiger partial charge < -0.3 is 9.52 Å². The van der Waals surface area contributed by atoms with Crippen LogP contribution in [0.5, 0.6) is 0 Å². The molecule has 0 bridgehead atoms. The van der Waals surface area contributed by atoms with Crippen molar-refractivity contribution in [3.63, 3.8) is 0 Å². The minimum atomic E-state index is -0.729. The van der Waals surface area contributed by atoms with Crippen LogP contribution in [-0.4, -0.2) is 15.3 Å². The molecule has 0 fully saturated rings. The lowest BCUT2D eigenvalue weighted by molar-refractivity contribution is 0.189. The number of hydrogen-bond acceptors (Lipinski definition) is 3. The number of rotatable bonds is 2. The summed E-state index contributed by atoms with van der Waals surface area (Å²) in [5, 5.41) is 16.1. The minimum absolute atomic E-state index is 0.541. The van der Waals surface area contributed by atoms with E-state index >= 15 is 0 Å². The molecule has 0 aliphatic heterocycles. The average molecular weight is 178 g/mol. The van der Waals surface area contributed by atoms with Crippen LogP contribution in [0.2, 0.25) is 0 Å². The standard InChI is InChI=1S/C9H10N2O2/c1-6-2-8(13-5-6)9(12)7-3-10-11-4-7/h2-5,9,12H,1H3,(H,10,11). The number of aryl methyl sites for hydroxylation is 1. The topological polar surface area (TPSA) is 62.1 Å². The number of H-pyrrole nitrogens is 1. The summed E-state index contributed by atoms with van der Waals surface area (Å²) in [5.74, 6) is 0.541. The highest BCUT2D eigenvalue weighted by Crippen LogP contribution is 2.22. The van der Waals surface area contributed by atoms with Crippen molar-refractivity contribution in [1.82, 2.24) is 10.2 Å². The van der Waals surface area contributed by atoms with Crippen LogP contribution in [-0.2, 0) is 0 Å². The molecule has 2 heterocycles. The van der Waals surface area contributed by atoms with Crippen molar-refractivity contribution in [3.05, 3.63) is 41.6 Å². The van der Waals surface area contributed by atoms with Gasteiger partial charge in [-0.1, -0.05) is 0 Å². The highest BCUT2D eigenvalue weighted by molar-refractivity contribution is 5.21. The molecule has 1 unspecified atom stereocenters. The first-order valence-electron chi connectivity index (χ1n) is 3.99. The molecule has 0 saturated heterocycles. The van der Waals surface area contributed by atoms with Crippen molar-refractivity contribution in [2.75, 3.05) is 0 Å². The van der Waals surface area contributed by atoms with E-state index in [4.69, 9.17) is 4.42 Å². The molecule has 4 nitrogen and oxygen atoms in total. The molecule has 0 saturated carbocycles. The molecule has 0 aliphatic carbocycles. The smallest absolute Gasteiger partial charge is 0.140 e. The first-order valence-corrected chi connectivity index (χ1v) is 3.99. The van der Waals surface area contributed by atoms with Gasteiger partial charge in [0.2, 0.25) is 0 Å². The van der Waals surface area contributed by atoms with E-state index in [1.54, 1.807) is 24.7 Å². The molecule has 2 N–H and O–H groups in total. The highest BCUT2D eigenvalue weighted by Gasteiger charge is 2.14. The minimum Gasteiger partial charge on any atom is -0.466 e. The number of aromatic amines is 1. The first kappa shape index (κ1) is 8.07. The Hall–Kier alpha value is -1.55. The summed E-state index contributed by atoms with van der Waals surface area (Å²) < 4.78 is 5.16. The normalized spacial score (nSPS) is 13.1. The molecule has 0 radical (unpaired) electrons. The molecule has 2 rings (SSSR count). The third kappa shape index (κ3) is 1.48. The molecule has 13 heavy (non-hydrogen) atoms. The maximum atomic E-state index is 9.74. The number of nitrogens with zero attached hydrogens (tertiary/aromatic N) is 1. The average Bonchev–Trinajstić information content (AvgIpc) is 2.72. The molecule has 0 amide bonds. The third-order valence-electron chi connectivity index (χ3n) is 1.86. The summed E-state index contributed by atoms with van der Waals surface area (Å²) in [7, 11) is 0. The summed E-state index contributed by atoms with van der Waals surface area (Å²) in [4.78, 5) is 0. The summed E-state index contributed by atoms with van der Waals surface area (Å²) in [6.07, 6.45) is 4.09. The fourth-order valence-electron chi connectivity index (χ4n) is 1.17. The molecule has 1 atom stereocenters. The Morgan fingerprint density at radius 3 is 3.00 bits per heavy atom. The van der Waals surface area contributed by atoms with Crippen LogP contribution in [0.15, 0.2) is 29.1 Å². The van der Waals surface area contributed by atoms with Gasteiger partial charge in [0.25, 0.3) is 0 Å². The van der Waals surface area contributed by atoms with Crippen LogP contribution in [0.25, 0.3) is 0 Å². The fourth-order valence-corrected chi connectivity index (χ4v) is 1.17. The van der Waals surface area contributed by atoms with Crippen LogP contribution in [0.1, 0.15) is 23.0 Å². The maximum absolute atomic E-state index is 9.74. The van der Waals surface area contributed by atoms with Gasteiger partial charge in [0.1, 0.15) is 11.9 Å². The molecule has 2 aromatic rings. The van der Waals surface area contributed by atoms with E-state index in [2.05, 4.69) is 10.2 Å². The van der Waals surface area contributed by atoms with E-state index in [0.29, 0.717) is 11.3 Å². The van der Waals surface area contributed by atoms with Gasteiger partial charge >= 0.3 is 0 Å². The van der Waals surface area contributed by atoms with Crippen molar-refractivity contribution in [2.45, 2.75) is 13.0 Å². The Labute approximate surface area is 75.2 Å².